The van der Waals surface area contributed by atoms with Crippen LogP contribution >= 0.6 is 0 Å². The lowest BCUT2D eigenvalue weighted by atomic mass is 10.4. The summed E-state index contributed by atoms with van der Waals surface area (Å²) in [5.41, 5.74) is 0. The number of hydroxylamine groups is 2. The fourth-order valence-electron chi connectivity index (χ4n) is 0.515. The lowest BCUT2D eigenvalue weighted by Crippen LogP contribution is -2.38. The highest BCUT2D eigenvalue weighted by atomic mass is 16.6. The molecule has 4 N–H and O–H groups in total. The van der Waals surface area contributed by atoms with Gasteiger partial charge in [-0.3, -0.25) is 15.2 Å². The van der Waals surface area contributed by atoms with Crippen molar-refractivity contribution in [1.29, 1.82) is 0 Å². The molecular formula is C3H8N4O5+2. The lowest BCUT2D eigenvalue weighted by Gasteiger charge is -1.90. The maximum Gasteiger partial charge on any atom is 0.547 e. The first-order valence-electron chi connectivity index (χ1n) is 2.71. The average molecular weight is 180 g/mol. The van der Waals surface area contributed by atoms with Gasteiger partial charge < -0.3 is 10.4 Å². The van der Waals surface area contributed by atoms with Crippen LogP contribution in [0.15, 0.2) is 10.6 Å². The van der Waals surface area contributed by atoms with Gasteiger partial charge in [-0.25, -0.2) is 0 Å². The van der Waals surface area contributed by atoms with E-state index in [0.717, 1.165) is 6.92 Å². The number of nitrogens with zero attached hydrogens (tertiary/aromatic N) is 4. The minimum absolute atomic E-state index is 0.276. The highest BCUT2D eigenvalue weighted by molar-refractivity contribution is 5.78. The van der Waals surface area contributed by atoms with Crippen LogP contribution in [0.3, 0.4) is 0 Å². The summed E-state index contributed by atoms with van der Waals surface area (Å²) < 4.78 is 0. The summed E-state index contributed by atoms with van der Waals surface area (Å²) in [5.74, 6) is -0.796. The number of carbonyl (C=O) groups is 1. The summed E-state index contributed by atoms with van der Waals surface area (Å²) in [7, 11) is 0. The second-order valence-electron chi connectivity index (χ2n) is 1.80. The average Bonchev–Trinajstić information content (AvgIpc) is 2.03. The van der Waals surface area contributed by atoms with Crippen LogP contribution in [-0.4, -0.2) is 42.5 Å². The molecule has 0 radical (unpaired) electrons. The van der Waals surface area contributed by atoms with Crippen LogP contribution in [0.25, 0.3) is 0 Å². The van der Waals surface area contributed by atoms with Crippen molar-refractivity contribution in [1.82, 2.24) is 0 Å². The minimum Gasteiger partial charge on any atom is -0.359 e. The zero-order valence-electron chi connectivity index (χ0n) is 6.06. The smallest absolute Gasteiger partial charge is 0.359 e. The normalized spacial score (nSPS) is 13.5. The first-order chi connectivity index (χ1) is 5.54. The van der Waals surface area contributed by atoms with E-state index in [1.165, 1.54) is 0 Å². The summed E-state index contributed by atoms with van der Waals surface area (Å²) in [6.07, 6.45) is -1.78. The van der Waals surface area contributed by atoms with Gasteiger partial charge in [0.25, 0.3) is 5.78 Å². The first kappa shape index (κ1) is 10.1. The molecule has 0 aromatic heterocycles. The molecule has 0 aromatic rings. The standard InChI is InChI=1S/C3H6N4O5/c1-2(8)3(6(11)4-9)7(12)5-10/h3,11-12H,1H3/p+2. The van der Waals surface area contributed by atoms with Crippen molar-refractivity contribution in [2.24, 2.45) is 10.6 Å². The van der Waals surface area contributed by atoms with Gasteiger partial charge in [0.05, 0.1) is 0 Å². The zero-order valence-corrected chi connectivity index (χ0v) is 6.06. The Morgan fingerprint density at radius 2 is 1.58 bits per heavy atom. The largest absolute Gasteiger partial charge is 0.547 e. The first-order valence-corrected chi connectivity index (χ1v) is 2.71. The van der Waals surface area contributed by atoms with Crippen molar-refractivity contribution in [2.45, 2.75) is 13.1 Å². The summed E-state index contributed by atoms with van der Waals surface area (Å²) in [6, 6.07) is 0. The summed E-state index contributed by atoms with van der Waals surface area (Å²) >= 11 is 0. The van der Waals surface area contributed by atoms with Gasteiger partial charge in [-0.2, -0.15) is 0 Å². The molecule has 0 amide bonds. The Bertz CT molecular complexity index is 217. The molecule has 0 fully saturated rings. The zero-order chi connectivity index (χ0) is 9.72. The van der Waals surface area contributed by atoms with Gasteiger partial charge in [-0.05, 0) is 0 Å². The third-order valence-corrected chi connectivity index (χ3v) is 0.984. The topological polar surface area (TPSA) is 129 Å². The van der Waals surface area contributed by atoms with Crippen LogP contribution in [0.2, 0.25) is 0 Å². The van der Waals surface area contributed by atoms with Crippen molar-refractivity contribution in [3.63, 3.8) is 0 Å². The molecule has 0 aromatic carbocycles. The Labute approximate surface area is 65.9 Å². The number of Topliss-reactive ketones (excluding diaryl/α,β-unsaturated/α-hetero) is 1. The van der Waals surface area contributed by atoms with Crippen molar-refractivity contribution >= 4 is 5.78 Å². The molecule has 9 nitrogen and oxygen atoms in total. The molecule has 0 saturated heterocycles. The second kappa shape index (κ2) is 4.05. The predicted molar refractivity (Wildman–Crippen MR) is 27.0 cm³/mol. The lowest BCUT2D eigenvalue weighted by molar-refractivity contribution is -1.02. The molecule has 68 valence electrons. The van der Waals surface area contributed by atoms with Gasteiger partial charge in [0.2, 0.25) is 20.3 Å². The molecular weight excluding hydrogens is 172 g/mol. The van der Waals surface area contributed by atoms with Gasteiger partial charge in [0.15, 0.2) is 0 Å². The van der Waals surface area contributed by atoms with Crippen molar-refractivity contribution in [3.8, 4) is 0 Å². The molecule has 0 atom stereocenters. The summed E-state index contributed by atoms with van der Waals surface area (Å²) in [5, 5.41) is 37.5. The number of hydrogen-bond donors (Lipinski definition) is 4. The molecule has 0 aliphatic heterocycles. The van der Waals surface area contributed by atoms with E-state index in [9.17, 15) is 4.79 Å². The van der Waals surface area contributed by atoms with Crippen LogP contribution in [0.1, 0.15) is 6.92 Å². The van der Waals surface area contributed by atoms with E-state index in [2.05, 4.69) is 10.6 Å². The number of ketones is 1. The molecule has 0 heterocycles. The van der Waals surface area contributed by atoms with E-state index in [1.807, 2.05) is 0 Å². The van der Waals surface area contributed by atoms with E-state index in [0.29, 0.717) is 0 Å². The third-order valence-electron chi connectivity index (χ3n) is 0.984. The van der Waals surface area contributed by atoms with E-state index in [4.69, 9.17) is 20.8 Å². The monoisotopic (exact) mass is 180 g/mol. The van der Waals surface area contributed by atoms with E-state index in [1.54, 1.807) is 0 Å². The summed E-state index contributed by atoms with van der Waals surface area (Å²) in [4.78, 5) is 10.0. The maximum absolute atomic E-state index is 10.6. The Kier molecular flexibility index (Phi) is 3.40. The molecule has 0 saturated carbocycles. The van der Waals surface area contributed by atoms with Gasteiger partial charge in [-0.1, -0.05) is 0 Å². The maximum atomic E-state index is 10.6. The Morgan fingerprint density at radius 3 is 1.75 bits per heavy atom. The Hall–Kier alpha value is -1.93. The van der Waals surface area contributed by atoms with E-state index >= 15 is 0 Å². The molecule has 0 spiro atoms. The minimum atomic E-state index is -1.78. The van der Waals surface area contributed by atoms with E-state index in [-0.39, 0.29) is 9.72 Å². The second-order valence-corrected chi connectivity index (χ2v) is 1.80. The molecule has 0 unspecified atom stereocenters. The Morgan fingerprint density at radius 1 is 1.25 bits per heavy atom. The molecule has 0 aliphatic carbocycles. The fourth-order valence-corrected chi connectivity index (χ4v) is 0.515. The quantitative estimate of drug-likeness (QED) is 0.199. The summed E-state index contributed by atoms with van der Waals surface area (Å²) in [6.45, 7) is 0.980. The van der Waals surface area contributed by atoms with Crippen LogP contribution in [0, 0.1) is 0 Å². The van der Waals surface area contributed by atoms with Crippen LogP contribution in [-0.2, 0) is 4.79 Å². The molecule has 0 rings (SSSR count). The SMILES string of the molecule is CC(=O)C(/[N+](O)=N/O)/[N+](O)=N/O. The van der Waals surface area contributed by atoms with Crippen LogP contribution in [0.5, 0.6) is 0 Å². The Balaban J connectivity index is 4.80. The number of hydrogen-bond acceptors (Lipinski definition) is 3. The van der Waals surface area contributed by atoms with Gasteiger partial charge in [-0.15, -0.1) is 0 Å². The van der Waals surface area contributed by atoms with Gasteiger partial charge >= 0.3 is 6.17 Å². The van der Waals surface area contributed by atoms with Crippen LogP contribution < -0.4 is 0 Å². The molecule has 0 bridgehead atoms. The third kappa shape index (κ3) is 2.04. The van der Waals surface area contributed by atoms with Gasteiger partial charge in [0.1, 0.15) is 0 Å². The molecule has 0 aliphatic rings. The predicted octanol–water partition coefficient (Wildman–Crippen LogP) is -0.612. The van der Waals surface area contributed by atoms with Crippen molar-refractivity contribution in [2.75, 3.05) is 0 Å². The molecule has 9 heteroatoms. The van der Waals surface area contributed by atoms with Gasteiger partial charge in [0, 0.05) is 6.92 Å². The highest BCUT2D eigenvalue weighted by Crippen LogP contribution is 1.93. The van der Waals surface area contributed by atoms with Crippen molar-refractivity contribution in [3.05, 3.63) is 0 Å². The number of carbonyl (C=O) groups excluding carboxylic acids is 1. The fraction of sp³-hybridized carbons (Fsp3) is 0.667. The molecule has 12 heavy (non-hydrogen) atoms. The van der Waals surface area contributed by atoms with Crippen LogP contribution in [0.4, 0.5) is 0 Å². The van der Waals surface area contributed by atoms with E-state index < -0.39 is 11.9 Å². The van der Waals surface area contributed by atoms with Crippen molar-refractivity contribution < 1.29 is 35.3 Å². The highest BCUT2D eigenvalue weighted by Gasteiger charge is 2.45. The number of rotatable bonds is 3.